The van der Waals surface area contributed by atoms with Crippen molar-refractivity contribution >= 4 is 28.4 Å². The first-order valence-corrected chi connectivity index (χ1v) is 10.6. The quantitative estimate of drug-likeness (QED) is 0.447. The highest BCUT2D eigenvalue weighted by Crippen LogP contribution is 2.40. The average molecular weight is 428 g/mol. The summed E-state index contributed by atoms with van der Waals surface area (Å²) in [7, 11) is 0. The third-order valence-corrected chi connectivity index (χ3v) is 5.87. The van der Waals surface area contributed by atoms with E-state index in [-0.39, 0.29) is 0 Å². The number of nitrogens with zero attached hydrogens (tertiary/aromatic N) is 4. The van der Waals surface area contributed by atoms with E-state index in [2.05, 4.69) is 20.4 Å². The molecular formula is C24H24N6O2. The van der Waals surface area contributed by atoms with Gasteiger partial charge in [-0.25, -0.2) is 14.6 Å². The monoisotopic (exact) mass is 428 g/mol. The molecule has 0 bridgehead atoms. The summed E-state index contributed by atoms with van der Waals surface area (Å²) in [6.07, 6.45) is 2.53. The number of carbonyl (C=O) groups excluding carboxylic acids is 1. The number of benzene rings is 2. The van der Waals surface area contributed by atoms with E-state index >= 15 is 0 Å². The molecule has 1 atom stereocenters. The molecule has 162 valence electrons. The van der Waals surface area contributed by atoms with Crippen molar-refractivity contribution in [2.24, 2.45) is 0 Å². The van der Waals surface area contributed by atoms with Crippen LogP contribution in [0.5, 0.6) is 0 Å². The van der Waals surface area contributed by atoms with Gasteiger partial charge in [0.1, 0.15) is 17.4 Å². The van der Waals surface area contributed by atoms with Crippen LogP contribution in [0.15, 0.2) is 48.8 Å². The molecule has 0 spiro atoms. The van der Waals surface area contributed by atoms with Crippen LogP contribution in [0.2, 0.25) is 0 Å². The largest absolute Gasteiger partial charge is 0.382 e. The Labute approximate surface area is 185 Å². The number of aliphatic hydroxyl groups excluding tert-OH is 1. The van der Waals surface area contributed by atoms with Crippen LogP contribution >= 0.6 is 0 Å². The molecule has 1 saturated carbocycles. The molecule has 2 heterocycles. The number of nitrogens with one attached hydrogen (secondary N) is 1. The summed E-state index contributed by atoms with van der Waals surface area (Å²) < 4.78 is 1.72. The van der Waals surface area contributed by atoms with Crippen molar-refractivity contribution in [2.75, 3.05) is 11.1 Å². The van der Waals surface area contributed by atoms with Gasteiger partial charge in [-0.15, -0.1) is 0 Å². The fourth-order valence-corrected chi connectivity index (χ4v) is 4.02. The predicted octanol–water partition coefficient (Wildman–Crippen LogP) is 3.56. The van der Waals surface area contributed by atoms with Gasteiger partial charge in [0.05, 0.1) is 11.4 Å². The van der Waals surface area contributed by atoms with Crippen LogP contribution in [0.25, 0.3) is 16.7 Å². The first-order valence-electron chi connectivity index (χ1n) is 10.6. The van der Waals surface area contributed by atoms with Crippen LogP contribution in [0.4, 0.5) is 11.5 Å². The Kier molecular flexibility index (Phi) is 4.86. The van der Waals surface area contributed by atoms with Gasteiger partial charge in [-0.1, -0.05) is 24.3 Å². The number of aromatic nitrogens is 4. The lowest BCUT2D eigenvalue weighted by Gasteiger charge is -2.14. The number of hydrogen-bond donors (Lipinski definition) is 3. The van der Waals surface area contributed by atoms with Crippen molar-refractivity contribution in [3.63, 3.8) is 0 Å². The molecule has 0 saturated heterocycles. The molecule has 0 aliphatic heterocycles. The third kappa shape index (κ3) is 3.58. The van der Waals surface area contributed by atoms with Gasteiger partial charge < -0.3 is 16.2 Å². The Hall–Kier alpha value is -3.78. The average Bonchev–Trinajstić information content (AvgIpc) is 3.58. The minimum absolute atomic E-state index is 0.351. The number of aliphatic hydroxyl groups is 1. The Balaban J connectivity index is 1.39. The second-order valence-corrected chi connectivity index (χ2v) is 8.29. The number of nitrogens with two attached hydrogens (primary N) is 1. The van der Waals surface area contributed by atoms with Crippen LogP contribution in [-0.2, 0) is 4.79 Å². The van der Waals surface area contributed by atoms with Gasteiger partial charge in [0.2, 0.25) is 0 Å². The van der Waals surface area contributed by atoms with Crippen molar-refractivity contribution in [1.29, 1.82) is 0 Å². The second kappa shape index (κ2) is 7.72. The molecule has 2 aromatic carbocycles. The topological polar surface area (TPSA) is 119 Å². The summed E-state index contributed by atoms with van der Waals surface area (Å²) in [6.45, 7) is 3.79. The number of amides is 1. The van der Waals surface area contributed by atoms with Gasteiger partial charge in [0, 0.05) is 5.69 Å². The summed E-state index contributed by atoms with van der Waals surface area (Å²) in [4.78, 5) is 21.1. The van der Waals surface area contributed by atoms with Crippen molar-refractivity contribution in [3.8, 4) is 5.69 Å². The Morgan fingerprint density at radius 1 is 1.19 bits per heavy atom. The zero-order valence-corrected chi connectivity index (χ0v) is 17.9. The molecule has 8 heteroatoms. The molecule has 2 aromatic heterocycles. The van der Waals surface area contributed by atoms with Crippen LogP contribution in [0.3, 0.4) is 0 Å². The van der Waals surface area contributed by atoms with E-state index in [4.69, 9.17) is 5.73 Å². The molecule has 1 amide bonds. The molecule has 1 aliphatic rings. The summed E-state index contributed by atoms with van der Waals surface area (Å²) in [5.74, 6) is 0.439. The van der Waals surface area contributed by atoms with E-state index in [0.29, 0.717) is 34.0 Å². The number of anilines is 2. The van der Waals surface area contributed by atoms with Crippen LogP contribution in [0, 0.1) is 13.8 Å². The maximum absolute atomic E-state index is 12.7. The third-order valence-electron chi connectivity index (χ3n) is 5.87. The smallest absolute Gasteiger partial charge is 0.257 e. The van der Waals surface area contributed by atoms with Gasteiger partial charge >= 0.3 is 0 Å². The normalized spacial score (nSPS) is 14.5. The fraction of sp³-hybridized carbons (Fsp3) is 0.250. The predicted molar refractivity (Wildman–Crippen MR) is 123 cm³/mol. The van der Waals surface area contributed by atoms with E-state index < -0.39 is 12.0 Å². The number of fused-ring (bicyclic) bond motifs is 1. The summed E-state index contributed by atoms with van der Waals surface area (Å²) in [6, 6.07) is 13.1. The van der Waals surface area contributed by atoms with Gasteiger partial charge in [0.25, 0.3) is 5.91 Å². The lowest BCUT2D eigenvalue weighted by atomic mass is 10.0. The summed E-state index contributed by atoms with van der Waals surface area (Å²) >= 11 is 0. The number of carbonyl (C=O) groups is 1. The van der Waals surface area contributed by atoms with E-state index in [9.17, 15) is 9.90 Å². The molecule has 8 nitrogen and oxygen atoms in total. The highest BCUT2D eigenvalue weighted by Gasteiger charge is 2.25. The van der Waals surface area contributed by atoms with Crippen LogP contribution in [-0.4, -0.2) is 30.8 Å². The van der Waals surface area contributed by atoms with Crippen molar-refractivity contribution < 1.29 is 9.90 Å². The molecule has 32 heavy (non-hydrogen) atoms. The standard InChI is InChI=1S/C24H24N6O2/c1-13-10-18(28-24(32)22(31)17-5-3-4-16(11-17)15-6-7-15)8-9-19(13)30-21-20(14(2)29-30)26-12-27-23(21)25/h3-5,8-12,15,22,31H,6-7H2,1-2H3,(H,28,32)(H2,25,26,27). The minimum atomic E-state index is -1.23. The van der Waals surface area contributed by atoms with Gasteiger partial charge in [-0.3, -0.25) is 4.79 Å². The molecule has 0 radical (unpaired) electrons. The molecule has 5 rings (SSSR count). The van der Waals surface area contributed by atoms with Crippen molar-refractivity contribution in [3.05, 3.63) is 71.2 Å². The van der Waals surface area contributed by atoms with Gasteiger partial charge in [-0.2, -0.15) is 5.10 Å². The number of hydrogen-bond acceptors (Lipinski definition) is 6. The zero-order valence-electron chi connectivity index (χ0n) is 17.9. The molecular weight excluding hydrogens is 404 g/mol. The highest BCUT2D eigenvalue weighted by atomic mass is 16.3. The zero-order chi connectivity index (χ0) is 22.4. The molecule has 1 unspecified atom stereocenters. The summed E-state index contributed by atoms with van der Waals surface area (Å²) in [5.41, 5.74) is 12.2. The lowest BCUT2D eigenvalue weighted by Crippen LogP contribution is -2.21. The maximum Gasteiger partial charge on any atom is 0.257 e. The van der Waals surface area contributed by atoms with Crippen LogP contribution < -0.4 is 11.1 Å². The Morgan fingerprint density at radius 3 is 2.75 bits per heavy atom. The first kappa shape index (κ1) is 20.1. The SMILES string of the molecule is Cc1cc(NC(=O)C(O)c2cccc(C3CC3)c2)ccc1-n1nc(C)c2ncnc(N)c21. The van der Waals surface area contributed by atoms with Crippen LogP contribution in [0.1, 0.15) is 47.2 Å². The van der Waals surface area contributed by atoms with Gasteiger partial charge in [-0.05, 0) is 67.5 Å². The minimum Gasteiger partial charge on any atom is -0.382 e. The molecule has 1 aliphatic carbocycles. The summed E-state index contributed by atoms with van der Waals surface area (Å²) in [5, 5.41) is 18.0. The van der Waals surface area contributed by atoms with E-state index in [0.717, 1.165) is 16.9 Å². The lowest BCUT2D eigenvalue weighted by molar-refractivity contribution is -0.124. The van der Waals surface area contributed by atoms with Crippen molar-refractivity contribution in [2.45, 2.75) is 38.7 Å². The number of rotatable bonds is 5. The van der Waals surface area contributed by atoms with E-state index in [1.165, 1.54) is 24.7 Å². The Morgan fingerprint density at radius 2 is 2.00 bits per heavy atom. The van der Waals surface area contributed by atoms with Crippen molar-refractivity contribution in [1.82, 2.24) is 19.7 Å². The number of aryl methyl sites for hydroxylation is 2. The molecule has 4 N–H and O–H groups in total. The maximum atomic E-state index is 12.7. The van der Waals surface area contributed by atoms with Gasteiger partial charge in [0.15, 0.2) is 11.9 Å². The molecule has 4 aromatic rings. The van der Waals surface area contributed by atoms with E-state index in [1.807, 2.05) is 44.2 Å². The highest BCUT2D eigenvalue weighted by molar-refractivity contribution is 5.95. The second-order valence-electron chi connectivity index (χ2n) is 8.29. The molecule has 1 fully saturated rings. The fourth-order valence-electron chi connectivity index (χ4n) is 4.02. The number of nitrogen functional groups attached to an aromatic ring is 1. The first-order chi connectivity index (χ1) is 15.4. The Bertz CT molecular complexity index is 1340. The van der Waals surface area contributed by atoms with E-state index in [1.54, 1.807) is 16.8 Å².